The number of nitrogens with two attached hydrogens (primary N) is 1. The molecule has 7 heteroatoms. The third-order valence-electron chi connectivity index (χ3n) is 2.35. The maximum Gasteiger partial charge on any atom is 0.175 e. The molecule has 0 bridgehead atoms. The molecular formula is C11H13N3O2S2. The van der Waals surface area contributed by atoms with E-state index < -0.39 is 9.84 Å². The van der Waals surface area contributed by atoms with Crippen molar-refractivity contribution in [3.8, 4) is 10.6 Å². The lowest BCUT2D eigenvalue weighted by Gasteiger charge is -1.99. The van der Waals surface area contributed by atoms with Crippen LogP contribution < -0.4 is 5.73 Å². The fourth-order valence-electron chi connectivity index (χ4n) is 1.44. The van der Waals surface area contributed by atoms with E-state index in [-0.39, 0.29) is 0 Å². The van der Waals surface area contributed by atoms with E-state index in [0.29, 0.717) is 17.9 Å². The zero-order valence-electron chi connectivity index (χ0n) is 9.83. The summed E-state index contributed by atoms with van der Waals surface area (Å²) in [6.07, 6.45) is 1.89. The standard InChI is InChI=1S/C11H13N3O2S2/c1-18(15,16)9-4-2-8(3-5-9)11-14-13-10(17-11)6-7-12/h2-5H,6-7,12H2,1H3. The first-order chi connectivity index (χ1) is 8.50. The van der Waals surface area contributed by atoms with Gasteiger partial charge in [-0.25, -0.2) is 8.42 Å². The Labute approximate surface area is 110 Å². The van der Waals surface area contributed by atoms with Gasteiger partial charge in [-0.1, -0.05) is 23.5 Å². The van der Waals surface area contributed by atoms with Crippen molar-refractivity contribution in [2.45, 2.75) is 11.3 Å². The Kier molecular flexibility index (Phi) is 3.74. The summed E-state index contributed by atoms with van der Waals surface area (Å²) in [5, 5.41) is 9.75. The molecule has 0 atom stereocenters. The van der Waals surface area contributed by atoms with E-state index in [1.165, 1.54) is 17.6 Å². The van der Waals surface area contributed by atoms with Gasteiger partial charge in [0.2, 0.25) is 0 Å². The molecular weight excluding hydrogens is 270 g/mol. The predicted octanol–water partition coefficient (Wildman–Crippen LogP) is 1.11. The van der Waals surface area contributed by atoms with Crippen molar-refractivity contribution in [2.75, 3.05) is 12.8 Å². The summed E-state index contributed by atoms with van der Waals surface area (Å²) in [4.78, 5) is 0.304. The molecule has 0 radical (unpaired) electrons. The molecule has 1 aromatic heterocycles. The van der Waals surface area contributed by atoms with Crippen molar-refractivity contribution in [3.63, 3.8) is 0 Å². The van der Waals surface area contributed by atoms with E-state index in [4.69, 9.17) is 5.73 Å². The van der Waals surface area contributed by atoms with Crippen LogP contribution in [-0.2, 0) is 16.3 Å². The molecule has 18 heavy (non-hydrogen) atoms. The molecule has 0 aliphatic rings. The Morgan fingerprint density at radius 3 is 2.44 bits per heavy atom. The Morgan fingerprint density at radius 2 is 1.89 bits per heavy atom. The molecule has 0 aliphatic carbocycles. The van der Waals surface area contributed by atoms with Gasteiger partial charge < -0.3 is 5.73 Å². The summed E-state index contributed by atoms with van der Waals surface area (Å²) < 4.78 is 22.7. The lowest BCUT2D eigenvalue weighted by Crippen LogP contribution is -2.01. The molecule has 96 valence electrons. The second-order valence-corrected chi connectivity index (χ2v) is 6.91. The zero-order chi connectivity index (χ0) is 13.2. The normalized spacial score (nSPS) is 11.7. The fourth-order valence-corrected chi connectivity index (χ4v) is 2.93. The van der Waals surface area contributed by atoms with Crippen molar-refractivity contribution in [2.24, 2.45) is 5.73 Å². The number of aromatic nitrogens is 2. The molecule has 0 fully saturated rings. The number of sulfone groups is 1. The van der Waals surface area contributed by atoms with Crippen LogP contribution in [0.25, 0.3) is 10.6 Å². The van der Waals surface area contributed by atoms with E-state index in [0.717, 1.165) is 15.6 Å². The van der Waals surface area contributed by atoms with E-state index in [1.807, 2.05) is 0 Å². The maximum atomic E-state index is 11.3. The molecule has 1 heterocycles. The molecule has 5 nitrogen and oxygen atoms in total. The molecule has 1 aromatic carbocycles. The van der Waals surface area contributed by atoms with E-state index in [2.05, 4.69) is 10.2 Å². The number of nitrogens with zero attached hydrogens (tertiary/aromatic N) is 2. The average molecular weight is 283 g/mol. The van der Waals surface area contributed by atoms with Crippen LogP contribution in [-0.4, -0.2) is 31.4 Å². The molecule has 2 rings (SSSR count). The number of benzene rings is 1. The van der Waals surface area contributed by atoms with Crippen molar-refractivity contribution in [3.05, 3.63) is 29.3 Å². The average Bonchev–Trinajstić information content (AvgIpc) is 2.77. The van der Waals surface area contributed by atoms with Crippen LogP contribution in [0, 0.1) is 0 Å². The van der Waals surface area contributed by atoms with Gasteiger partial charge in [-0.05, 0) is 18.7 Å². The highest BCUT2D eigenvalue weighted by Gasteiger charge is 2.09. The van der Waals surface area contributed by atoms with Gasteiger partial charge in [0.05, 0.1) is 4.90 Å². The Hall–Kier alpha value is -1.31. The zero-order valence-corrected chi connectivity index (χ0v) is 11.5. The first-order valence-electron chi connectivity index (χ1n) is 5.33. The van der Waals surface area contributed by atoms with Gasteiger partial charge in [0, 0.05) is 18.2 Å². The quantitative estimate of drug-likeness (QED) is 0.908. The second kappa shape index (κ2) is 5.13. The van der Waals surface area contributed by atoms with Crippen molar-refractivity contribution < 1.29 is 8.42 Å². The number of hydrogen-bond donors (Lipinski definition) is 1. The first kappa shape index (κ1) is 13.1. The molecule has 0 unspecified atom stereocenters. The van der Waals surface area contributed by atoms with Crippen molar-refractivity contribution in [1.82, 2.24) is 10.2 Å². The molecule has 0 spiro atoms. The monoisotopic (exact) mass is 283 g/mol. The minimum Gasteiger partial charge on any atom is -0.330 e. The second-order valence-electron chi connectivity index (χ2n) is 3.84. The van der Waals surface area contributed by atoms with Crippen LogP contribution in [0.2, 0.25) is 0 Å². The lowest BCUT2D eigenvalue weighted by molar-refractivity contribution is 0.602. The smallest absolute Gasteiger partial charge is 0.175 e. The summed E-state index contributed by atoms with van der Waals surface area (Å²) in [6, 6.07) is 6.63. The predicted molar refractivity (Wildman–Crippen MR) is 71.2 cm³/mol. The number of rotatable bonds is 4. The highest BCUT2D eigenvalue weighted by Crippen LogP contribution is 2.24. The highest BCUT2D eigenvalue weighted by molar-refractivity contribution is 7.90. The summed E-state index contributed by atoms with van der Waals surface area (Å²) in [6.45, 7) is 0.543. The van der Waals surface area contributed by atoms with Crippen LogP contribution in [0.5, 0.6) is 0 Å². The highest BCUT2D eigenvalue weighted by atomic mass is 32.2. The van der Waals surface area contributed by atoms with Crippen LogP contribution in [0.15, 0.2) is 29.2 Å². The van der Waals surface area contributed by atoms with Gasteiger partial charge in [-0.2, -0.15) is 0 Å². The largest absolute Gasteiger partial charge is 0.330 e. The Bertz CT molecular complexity index is 633. The van der Waals surface area contributed by atoms with Crippen molar-refractivity contribution in [1.29, 1.82) is 0 Å². The van der Waals surface area contributed by atoms with Gasteiger partial charge in [-0.15, -0.1) is 10.2 Å². The van der Waals surface area contributed by atoms with E-state index >= 15 is 0 Å². The van der Waals surface area contributed by atoms with E-state index in [9.17, 15) is 8.42 Å². The van der Waals surface area contributed by atoms with Crippen LogP contribution in [0.1, 0.15) is 5.01 Å². The lowest BCUT2D eigenvalue weighted by atomic mass is 10.2. The third-order valence-corrected chi connectivity index (χ3v) is 4.52. The van der Waals surface area contributed by atoms with Crippen LogP contribution in [0.3, 0.4) is 0 Å². The third kappa shape index (κ3) is 2.92. The summed E-state index contributed by atoms with van der Waals surface area (Å²) in [5.41, 5.74) is 6.31. The molecule has 0 saturated carbocycles. The van der Waals surface area contributed by atoms with Gasteiger partial charge in [-0.3, -0.25) is 0 Å². The summed E-state index contributed by atoms with van der Waals surface area (Å²) in [7, 11) is -3.15. The molecule has 0 aliphatic heterocycles. The van der Waals surface area contributed by atoms with Crippen LogP contribution in [0.4, 0.5) is 0 Å². The minimum absolute atomic E-state index is 0.304. The molecule has 0 amide bonds. The first-order valence-corrected chi connectivity index (χ1v) is 8.04. The minimum atomic E-state index is -3.15. The fraction of sp³-hybridized carbons (Fsp3) is 0.273. The topological polar surface area (TPSA) is 85.9 Å². The maximum absolute atomic E-state index is 11.3. The Balaban J connectivity index is 2.28. The molecule has 0 saturated heterocycles. The van der Waals surface area contributed by atoms with Crippen molar-refractivity contribution >= 4 is 21.2 Å². The van der Waals surface area contributed by atoms with Gasteiger partial charge in [0.15, 0.2) is 9.84 Å². The summed E-state index contributed by atoms with van der Waals surface area (Å²) >= 11 is 1.47. The number of hydrogen-bond acceptors (Lipinski definition) is 6. The Morgan fingerprint density at radius 1 is 1.22 bits per heavy atom. The SMILES string of the molecule is CS(=O)(=O)c1ccc(-c2nnc(CCN)s2)cc1. The van der Waals surface area contributed by atoms with Gasteiger partial charge in [0.1, 0.15) is 10.0 Å². The van der Waals surface area contributed by atoms with Gasteiger partial charge in [0.25, 0.3) is 0 Å². The molecule has 2 N–H and O–H groups in total. The van der Waals surface area contributed by atoms with E-state index in [1.54, 1.807) is 24.3 Å². The van der Waals surface area contributed by atoms with Crippen LogP contribution >= 0.6 is 11.3 Å². The molecule has 2 aromatic rings. The van der Waals surface area contributed by atoms with Gasteiger partial charge >= 0.3 is 0 Å². The summed E-state index contributed by atoms with van der Waals surface area (Å²) in [5.74, 6) is 0.